The molecule has 0 aromatic carbocycles. The Balaban J connectivity index is -0.000000787. The molecule has 0 unspecified atom stereocenters. The third-order valence-electron chi connectivity index (χ3n) is 4.69. The molecule has 3 heteroatoms. The van der Waals surface area contributed by atoms with Gasteiger partial charge in [-0.1, -0.05) is 119 Å². The Morgan fingerprint density at radius 3 is 1.17 bits per heavy atom. The highest BCUT2D eigenvalue weighted by molar-refractivity contribution is 6.58. The van der Waals surface area contributed by atoms with E-state index in [1.54, 1.807) is 35.1 Å². The SMILES string of the molecule is C=C[CH2][AlH2].CCCCC[CH2][Al]([CH2]CCCCC)[CH2]CCCCC.[AlH3]. The van der Waals surface area contributed by atoms with Crippen molar-refractivity contribution in [3.63, 3.8) is 0 Å². The van der Waals surface area contributed by atoms with Crippen LogP contribution in [0.25, 0.3) is 0 Å². The maximum atomic E-state index is 3.51. The summed E-state index contributed by atoms with van der Waals surface area (Å²) >= 11 is 0.910. The van der Waals surface area contributed by atoms with E-state index in [0.29, 0.717) is 0 Å². The minimum atomic E-state index is -0.362. The van der Waals surface area contributed by atoms with Crippen LogP contribution >= 0.6 is 0 Å². The van der Waals surface area contributed by atoms with Gasteiger partial charge in [-0.05, 0) is 0 Å². The zero-order chi connectivity index (χ0) is 17.6. The van der Waals surface area contributed by atoms with E-state index in [1.807, 2.05) is 6.08 Å². The van der Waals surface area contributed by atoms with Crippen LogP contribution in [0.1, 0.15) is 97.8 Å². The second-order valence-electron chi connectivity index (χ2n) is 7.11. The van der Waals surface area contributed by atoms with Gasteiger partial charge in [0.05, 0.1) is 0 Å². The van der Waals surface area contributed by atoms with Gasteiger partial charge < -0.3 is 0 Å². The Morgan fingerprint density at radius 1 is 0.667 bits per heavy atom. The highest BCUT2D eigenvalue weighted by atomic mass is 27.2. The molecular weight excluding hydrogens is 333 g/mol. The fourth-order valence-corrected chi connectivity index (χ4v) is 6.48. The molecule has 0 aliphatic rings. The summed E-state index contributed by atoms with van der Waals surface area (Å²) in [5.41, 5.74) is 0. The molecule has 0 aliphatic carbocycles. The molecule has 24 heavy (non-hydrogen) atoms. The van der Waals surface area contributed by atoms with Crippen LogP contribution in [0, 0.1) is 0 Å². The van der Waals surface area contributed by atoms with Crippen LogP contribution < -0.4 is 0 Å². The summed E-state index contributed by atoms with van der Waals surface area (Å²) in [6.45, 7) is 10.5. The lowest BCUT2D eigenvalue weighted by molar-refractivity contribution is 0.672. The normalized spacial score (nSPS) is 9.62. The molecule has 0 amide bonds. The first-order valence-corrected chi connectivity index (χ1v) is 14.7. The molecule has 0 fully saturated rings. The summed E-state index contributed by atoms with van der Waals surface area (Å²) in [4.78, 5) is 0. The van der Waals surface area contributed by atoms with E-state index in [9.17, 15) is 0 Å². The molecule has 0 saturated carbocycles. The molecule has 0 bridgehead atoms. The Hall–Kier alpha value is 1.34. The average molecular weight is 383 g/mol. The molecular formula is C21H49Al3. The highest BCUT2D eigenvalue weighted by Crippen LogP contribution is 2.19. The highest BCUT2D eigenvalue weighted by Gasteiger charge is 2.15. The summed E-state index contributed by atoms with van der Waals surface area (Å²) in [5.74, 6) is 0. The van der Waals surface area contributed by atoms with Crippen molar-refractivity contribution in [1.82, 2.24) is 0 Å². The smallest absolute Gasteiger partial charge is 0.105 e. The Labute approximate surface area is 178 Å². The Kier molecular flexibility index (Phi) is 36.5. The van der Waals surface area contributed by atoms with Gasteiger partial charge in [-0.15, -0.1) is 12.7 Å². The quantitative estimate of drug-likeness (QED) is 0.168. The molecule has 142 valence electrons. The lowest BCUT2D eigenvalue weighted by atomic mass is 10.2. The van der Waals surface area contributed by atoms with Crippen LogP contribution in [0.3, 0.4) is 0 Å². The van der Waals surface area contributed by atoms with Crippen molar-refractivity contribution in [1.29, 1.82) is 0 Å². The van der Waals surface area contributed by atoms with Crippen molar-refractivity contribution in [2.45, 2.75) is 119 Å². The summed E-state index contributed by atoms with van der Waals surface area (Å²) in [7, 11) is 0. The van der Waals surface area contributed by atoms with Gasteiger partial charge in [-0.3, -0.25) is 0 Å². The monoisotopic (exact) mass is 382 g/mol. The number of hydrogen-bond acceptors (Lipinski definition) is 0. The van der Waals surface area contributed by atoms with E-state index in [4.69, 9.17) is 0 Å². The maximum absolute atomic E-state index is 3.51. The molecule has 0 aliphatic heterocycles. The number of rotatable bonds is 16. The van der Waals surface area contributed by atoms with Crippen molar-refractivity contribution in [2.24, 2.45) is 0 Å². The first kappa shape index (κ1) is 30.1. The van der Waals surface area contributed by atoms with Crippen LogP contribution in [0.2, 0.25) is 21.1 Å². The van der Waals surface area contributed by atoms with E-state index < -0.39 is 0 Å². The number of unbranched alkanes of at least 4 members (excludes halogenated alkanes) is 9. The van der Waals surface area contributed by atoms with Gasteiger partial charge in [0.25, 0.3) is 14.1 Å². The molecule has 0 aromatic rings. The molecule has 0 radical (unpaired) electrons. The van der Waals surface area contributed by atoms with Crippen LogP contribution in [-0.2, 0) is 0 Å². The first-order valence-electron chi connectivity index (χ1n) is 10.9. The zero-order valence-corrected chi connectivity index (χ0v) is 20.3. The maximum Gasteiger partial charge on any atom is 0.261 e. The second-order valence-corrected chi connectivity index (χ2v) is 11.4. The minimum absolute atomic E-state index is 0. The van der Waals surface area contributed by atoms with Crippen molar-refractivity contribution in [3.8, 4) is 0 Å². The third-order valence-corrected chi connectivity index (χ3v) is 8.94. The van der Waals surface area contributed by atoms with Crippen LogP contribution in [-0.4, -0.2) is 47.8 Å². The van der Waals surface area contributed by atoms with Gasteiger partial charge in [-0.25, -0.2) is 0 Å². The van der Waals surface area contributed by atoms with Gasteiger partial charge in [0.2, 0.25) is 16.3 Å². The van der Waals surface area contributed by atoms with Crippen molar-refractivity contribution in [2.75, 3.05) is 0 Å². The second kappa shape index (κ2) is 29.1. The predicted molar refractivity (Wildman–Crippen MR) is 126 cm³/mol. The van der Waals surface area contributed by atoms with Gasteiger partial charge in [0.1, 0.15) is 0 Å². The van der Waals surface area contributed by atoms with E-state index >= 15 is 0 Å². The van der Waals surface area contributed by atoms with Gasteiger partial charge in [-0.2, -0.15) is 0 Å². The summed E-state index contributed by atoms with van der Waals surface area (Å²) < 4.78 is 0. The van der Waals surface area contributed by atoms with Gasteiger partial charge in [0.15, 0.2) is 17.4 Å². The van der Waals surface area contributed by atoms with Crippen LogP contribution in [0.15, 0.2) is 12.7 Å². The number of allylic oxidation sites excluding steroid dienone is 1. The molecule has 0 atom stereocenters. The minimum Gasteiger partial charge on any atom is -0.105 e. The topological polar surface area (TPSA) is 0 Å². The molecule has 0 saturated heterocycles. The largest absolute Gasteiger partial charge is 0.261 e. The summed E-state index contributed by atoms with van der Waals surface area (Å²) in [6.07, 6.45) is 19.7. The molecule has 0 aromatic heterocycles. The molecule has 0 rings (SSSR count). The fraction of sp³-hybridized carbons (Fsp3) is 0.905. The molecule has 0 spiro atoms. The fourth-order valence-electron chi connectivity index (χ4n) is 3.01. The lowest BCUT2D eigenvalue weighted by Gasteiger charge is -2.11. The van der Waals surface area contributed by atoms with Gasteiger partial charge in [0, 0.05) is 0 Å². The standard InChI is InChI=1S/3C6H13.C3H5.3Al.5H/c3*1-3-5-6-4-2;1-3-2;;;;;;;;/h3*1,3-6H2,2H3;3H,1-2H2;;;;;;;;. The van der Waals surface area contributed by atoms with Crippen molar-refractivity contribution in [3.05, 3.63) is 12.7 Å². The summed E-state index contributed by atoms with van der Waals surface area (Å²) in [6, 6.07) is 0. The zero-order valence-electron chi connectivity index (χ0n) is 17.2. The molecule has 0 N–H and O–H groups in total. The molecule has 0 nitrogen and oxygen atoms in total. The van der Waals surface area contributed by atoms with E-state index in [1.165, 1.54) is 79.4 Å². The summed E-state index contributed by atoms with van der Waals surface area (Å²) in [5, 5.41) is 6.18. The Bertz CT molecular complexity index is 179. The first-order chi connectivity index (χ1) is 11.3. The third kappa shape index (κ3) is 28.2. The van der Waals surface area contributed by atoms with Crippen molar-refractivity contribution < 1.29 is 0 Å². The van der Waals surface area contributed by atoms with Crippen LogP contribution in [0.5, 0.6) is 0 Å². The van der Waals surface area contributed by atoms with E-state index in [0.717, 1.165) is 0 Å². The average Bonchev–Trinajstić information content (AvgIpc) is 2.58. The van der Waals surface area contributed by atoms with E-state index in [-0.39, 0.29) is 31.5 Å². The lowest BCUT2D eigenvalue weighted by Crippen LogP contribution is -2.11. The van der Waals surface area contributed by atoms with Gasteiger partial charge >= 0.3 is 0 Å². The number of hydrogen-bond donors (Lipinski definition) is 0. The van der Waals surface area contributed by atoms with E-state index in [2.05, 4.69) is 27.4 Å². The Morgan fingerprint density at radius 2 is 0.958 bits per heavy atom. The van der Waals surface area contributed by atoms with Crippen molar-refractivity contribution >= 4 is 47.8 Å². The van der Waals surface area contributed by atoms with Crippen LogP contribution in [0.4, 0.5) is 0 Å². The molecule has 0 heterocycles. The predicted octanol–water partition coefficient (Wildman–Crippen LogP) is 6.26.